The third-order valence-electron chi connectivity index (χ3n) is 4.09. The lowest BCUT2D eigenvalue weighted by Crippen LogP contribution is -2.25. The molecule has 0 radical (unpaired) electrons. The van der Waals surface area contributed by atoms with E-state index < -0.39 is 29.4 Å². The van der Waals surface area contributed by atoms with Gasteiger partial charge in [-0.3, -0.25) is 9.36 Å². The van der Waals surface area contributed by atoms with Gasteiger partial charge in [0.1, 0.15) is 5.69 Å². The molecular weight excluding hydrogens is 436 g/mol. The van der Waals surface area contributed by atoms with Crippen LogP contribution in [0.2, 0.25) is 5.02 Å². The van der Waals surface area contributed by atoms with Gasteiger partial charge in [0.05, 0.1) is 16.1 Å². The number of benzene rings is 1. The van der Waals surface area contributed by atoms with Crippen molar-refractivity contribution in [1.82, 2.24) is 14.9 Å². The Kier molecular flexibility index (Phi) is 5.80. The van der Waals surface area contributed by atoms with E-state index in [9.17, 15) is 31.1 Å². The minimum absolute atomic E-state index is 0.0380. The average molecular weight is 448 g/mol. The van der Waals surface area contributed by atoms with Gasteiger partial charge in [-0.1, -0.05) is 23.7 Å². The highest BCUT2D eigenvalue weighted by molar-refractivity contribution is 6.32. The lowest BCUT2D eigenvalue weighted by atomic mass is 10.1. The van der Waals surface area contributed by atoms with Gasteiger partial charge in [-0.15, -0.1) is 0 Å². The van der Waals surface area contributed by atoms with E-state index in [4.69, 9.17) is 11.6 Å². The lowest BCUT2D eigenvalue weighted by Gasteiger charge is -2.13. The number of nitrogens with zero attached hydrogens (tertiary/aromatic N) is 2. The van der Waals surface area contributed by atoms with Crippen LogP contribution in [0, 0.1) is 0 Å². The second kappa shape index (κ2) is 8.02. The number of nitrogens with one attached hydrogen (secondary N) is 1. The fourth-order valence-electron chi connectivity index (χ4n) is 2.60. The summed E-state index contributed by atoms with van der Waals surface area (Å²) in [6.45, 7) is -0.0592. The average Bonchev–Trinajstić information content (AvgIpc) is 3.14. The first-order valence-electron chi connectivity index (χ1n) is 8.31. The molecule has 2 heterocycles. The highest BCUT2D eigenvalue weighted by Crippen LogP contribution is 2.32. The molecule has 158 valence electrons. The Hall–Kier alpha value is -3.01. The summed E-state index contributed by atoms with van der Waals surface area (Å²) in [5, 5.41) is 2.23. The Labute approximate surface area is 171 Å². The van der Waals surface area contributed by atoms with Crippen LogP contribution in [0.15, 0.2) is 54.9 Å². The number of alkyl halides is 6. The summed E-state index contributed by atoms with van der Waals surface area (Å²) in [4.78, 5) is 16.2. The van der Waals surface area contributed by atoms with E-state index in [1.165, 1.54) is 35.0 Å². The van der Waals surface area contributed by atoms with Crippen molar-refractivity contribution in [2.75, 3.05) is 0 Å². The molecule has 0 bridgehead atoms. The monoisotopic (exact) mass is 447 g/mol. The van der Waals surface area contributed by atoms with Crippen molar-refractivity contribution >= 4 is 17.5 Å². The summed E-state index contributed by atoms with van der Waals surface area (Å²) in [6, 6.07) is 7.84. The number of rotatable bonds is 4. The van der Waals surface area contributed by atoms with Crippen LogP contribution in [-0.2, 0) is 18.9 Å². The first kappa shape index (κ1) is 21.7. The van der Waals surface area contributed by atoms with Crippen molar-refractivity contribution in [2.45, 2.75) is 18.9 Å². The van der Waals surface area contributed by atoms with Gasteiger partial charge >= 0.3 is 12.4 Å². The van der Waals surface area contributed by atoms with Crippen LogP contribution in [0.3, 0.4) is 0 Å². The van der Waals surface area contributed by atoms with E-state index in [1.54, 1.807) is 0 Å². The van der Waals surface area contributed by atoms with Crippen LogP contribution in [0.4, 0.5) is 26.3 Å². The number of carbonyl (C=O) groups excluding carboxylic acids is 1. The summed E-state index contributed by atoms with van der Waals surface area (Å²) in [5.74, 6) is -0.688. The molecule has 0 aliphatic rings. The van der Waals surface area contributed by atoms with Crippen LogP contribution in [0.1, 0.15) is 27.2 Å². The van der Waals surface area contributed by atoms with E-state index >= 15 is 0 Å². The standard InChI is InChI=1S/C19H12ClF6N3O/c20-14-8-13(19(24,25)26)10-27-16(14)29-7-1-2-15(29)17(30)28-9-11-3-5-12(6-4-11)18(21,22)23/h1-8,10H,9H2,(H,28,30). The van der Waals surface area contributed by atoms with Gasteiger partial charge in [0.15, 0.2) is 5.82 Å². The summed E-state index contributed by atoms with van der Waals surface area (Å²) < 4.78 is 77.3. The van der Waals surface area contributed by atoms with Crippen molar-refractivity contribution < 1.29 is 31.1 Å². The van der Waals surface area contributed by atoms with Crippen molar-refractivity contribution in [2.24, 2.45) is 0 Å². The van der Waals surface area contributed by atoms with E-state index in [-0.39, 0.29) is 23.1 Å². The van der Waals surface area contributed by atoms with Gasteiger partial charge in [0.2, 0.25) is 0 Å². The fraction of sp³-hybridized carbons (Fsp3) is 0.158. The van der Waals surface area contributed by atoms with Gasteiger partial charge in [0, 0.05) is 18.9 Å². The molecule has 1 amide bonds. The van der Waals surface area contributed by atoms with Gasteiger partial charge in [-0.25, -0.2) is 4.98 Å². The van der Waals surface area contributed by atoms with Crippen molar-refractivity contribution in [3.63, 3.8) is 0 Å². The zero-order valence-electron chi connectivity index (χ0n) is 14.9. The molecule has 0 aliphatic heterocycles. The highest BCUT2D eigenvalue weighted by Gasteiger charge is 2.32. The lowest BCUT2D eigenvalue weighted by molar-refractivity contribution is -0.138. The normalized spacial score (nSPS) is 12.1. The number of hydrogen-bond donors (Lipinski definition) is 1. The number of amides is 1. The molecule has 1 aromatic carbocycles. The molecule has 0 atom stereocenters. The molecule has 4 nitrogen and oxygen atoms in total. The molecule has 0 saturated carbocycles. The third-order valence-corrected chi connectivity index (χ3v) is 4.37. The van der Waals surface area contributed by atoms with Gasteiger partial charge in [0.25, 0.3) is 5.91 Å². The van der Waals surface area contributed by atoms with Crippen LogP contribution >= 0.6 is 11.6 Å². The third kappa shape index (κ3) is 4.76. The van der Waals surface area contributed by atoms with E-state index in [0.29, 0.717) is 17.8 Å². The predicted octanol–water partition coefficient (Wildman–Crippen LogP) is 5.49. The van der Waals surface area contributed by atoms with Gasteiger partial charge in [-0.05, 0) is 35.9 Å². The molecular formula is C19H12ClF6N3O. The number of halogens is 7. The van der Waals surface area contributed by atoms with Crippen molar-refractivity contribution in [1.29, 1.82) is 0 Å². The second-order valence-corrected chi connectivity index (χ2v) is 6.58. The Balaban J connectivity index is 1.76. The maximum atomic E-state index is 12.8. The Morgan fingerprint density at radius 3 is 2.20 bits per heavy atom. The summed E-state index contributed by atoms with van der Waals surface area (Å²) >= 11 is 5.92. The topological polar surface area (TPSA) is 46.9 Å². The SMILES string of the molecule is O=C(NCc1ccc(C(F)(F)F)cc1)c1cccn1-c1ncc(C(F)(F)F)cc1Cl. The maximum absolute atomic E-state index is 12.8. The highest BCUT2D eigenvalue weighted by atomic mass is 35.5. The smallest absolute Gasteiger partial charge is 0.347 e. The Morgan fingerprint density at radius 1 is 1.00 bits per heavy atom. The van der Waals surface area contributed by atoms with Gasteiger partial charge in [-0.2, -0.15) is 26.3 Å². The summed E-state index contributed by atoms with van der Waals surface area (Å²) in [7, 11) is 0. The molecule has 30 heavy (non-hydrogen) atoms. The summed E-state index contributed by atoms with van der Waals surface area (Å²) in [5.41, 5.74) is -1.37. The number of carbonyl (C=O) groups is 1. The maximum Gasteiger partial charge on any atom is 0.417 e. The molecule has 0 saturated heterocycles. The summed E-state index contributed by atoms with van der Waals surface area (Å²) in [6.07, 6.45) is -7.08. The van der Waals surface area contributed by atoms with Crippen molar-refractivity contribution in [3.05, 3.63) is 82.3 Å². The first-order chi connectivity index (χ1) is 14.0. The number of hydrogen-bond acceptors (Lipinski definition) is 2. The van der Waals surface area contributed by atoms with Crippen LogP contribution in [0.25, 0.3) is 5.82 Å². The Morgan fingerprint density at radius 2 is 1.63 bits per heavy atom. The fourth-order valence-corrected chi connectivity index (χ4v) is 2.86. The molecule has 3 aromatic rings. The van der Waals surface area contributed by atoms with Crippen LogP contribution in [0.5, 0.6) is 0 Å². The van der Waals surface area contributed by atoms with Crippen LogP contribution < -0.4 is 5.32 Å². The van der Waals surface area contributed by atoms with E-state index in [2.05, 4.69) is 10.3 Å². The van der Waals surface area contributed by atoms with E-state index in [1.807, 2.05) is 0 Å². The zero-order valence-corrected chi connectivity index (χ0v) is 15.6. The van der Waals surface area contributed by atoms with Crippen molar-refractivity contribution in [3.8, 4) is 5.82 Å². The molecule has 1 N–H and O–H groups in total. The molecule has 0 fully saturated rings. The second-order valence-electron chi connectivity index (χ2n) is 6.17. The largest absolute Gasteiger partial charge is 0.417 e. The van der Waals surface area contributed by atoms with E-state index in [0.717, 1.165) is 12.1 Å². The first-order valence-corrected chi connectivity index (χ1v) is 8.69. The quantitative estimate of drug-likeness (QED) is 0.537. The minimum atomic E-state index is -4.62. The molecule has 2 aromatic heterocycles. The number of aromatic nitrogens is 2. The Bertz CT molecular complexity index is 1060. The number of pyridine rings is 1. The van der Waals surface area contributed by atoms with Gasteiger partial charge < -0.3 is 5.32 Å². The minimum Gasteiger partial charge on any atom is -0.347 e. The zero-order chi connectivity index (χ0) is 22.1. The van der Waals surface area contributed by atoms with Crippen LogP contribution in [-0.4, -0.2) is 15.5 Å². The molecule has 0 spiro atoms. The molecule has 0 aliphatic carbocycles. The molecule has 0 unspecified atom stereocenters. The predicted molar refractivity (Wildman–Crippen MR) is 96.2 cm³/mol. The molecule has 11 heteroatoms. The molecule has 3 rings (SSSR count).